The van der Waals surface area contributed by atoms with Crippen molar-refractivity contribution in [1.29, 1.82) is 0 Å². The number of unbranched alkanes of at least 4 members (excludes halogenated alkanes) is 1. The number of ether oxygens (including phenoxy) is 1. The smallest absolute Gasteiger partial charge is 0.127 e. The Morgan fingerprint density at radius 1 is 1.33 bits per heavy atom. The van der Waals surface area contributed by atoms with Crippen molar-refractivity contribution in [2.24, 2.45) is 0 Å². The molecule has 1 aliphatic heterocycles. The van der Waals surface area contributed by atoms with E-state index in [9.17, 15) is 0 Å². The first-order valence-electron chi connectivity index (χ1n) is 7.43. The van der Waals surface area contributed by atoms with E-state index in [0.29, 0.717) is 0 Å². The van der Waals surface area contributed by atoms with Gasteiger partial charge in [0.05, 0.1) is 12.9 Å². The van der Waals surface area contributed by atoms with Gasteiger partial charge in [-0.2, -0.15) is 0 Å². The number of benzene rings is 1. The molecular formula is C16H20ClN3O. The Labute approximate surface area is 130 Å². The molecule has 5 heteroatoms. The van der Waals surface area contributed by atoms with Crippen molar-refractivity contribution < 1.29 is 4.74 Å². The van der Waals surface area contributed by atoms with Gasteiger partial charge in [-0.05, 0) is 37.1 Å². The highest BCUT2D eigenvalue weighted by Crippen LogP contribution is 2.32. The normalized spacial score (nSPS) is 13.2. The van der Waals surface area contributed by atoms with Crippen LogP contribution in [-0.4, -0.2) is 22.7 Å². The molecule has 1 aromatic heterocycles. The van der Waals surface area contributed by atoms with Gasteiger partial charge in [-0.3, -0.25) is 0 Å². The number of fused-ring (bicyclic) bond motifs is 1. The number of aromatic nitrogens is 2. The summed E-state index contributed by atoms with van der Waals surface area (Å²) >= 11 is 6.16. The van der Waals surface area contributed by atoms with Crippen LogP contribution >= 0.6 is 11.6 Å². The van der Waals surface area contributed by atoms with Crippen molar-refractivity contribution in [1.82, 2.24) is 14.9 Å². The Bertz CT molecular complexity index is 583. The van der Waals surface area contributed by atoms with Gasteiger partial charge in [0.2, 0.25) is 0 Å². The standard InChI is InChI=1S/C16H20ClN3O/c17-15-9-13-3-8-21-16(13)14(10-15)11-18-4-1-2-6-20-7-5-19-12-20/h5,7,9-10,12,18H,1-4,6,8,11H2. The molecule has 1 aliphatic rings. The second kappa shape index (κ2) is 6.96. The lowest BCUT2D eigenvalue weighted by Crippen LogP contribution is -2.15. The third kappa shape index (κ3) is 3.77. The molecule has 1 N–H and O–H groups in total. The molecular weight excluding hydrogens is 286 g/mol. The predicted molar refractivity (Wildman–Crippen MR) is 83.8 cm³/mol. The molecule has 0 atom stereocenters. The summed E-state index contributed by atoms with van der Waals surface area (Å²) in [6.45, 7) is 3.61. The predicted octanol–water partition coefficient (Wildman–Crippen LogP) is 3.04. The van der Waals surface area contributed by atoms with E-state index in [1.165, 1.54) is 11.1 Å². The Hall–Kier alpha value is -1.52. The van der Waals surface area contributed by atoms with Gasteiger partial charge in [0.25, 0.3) is 0 Å². The monoisotopic (exact) mass is 305 g/mol. The Morgan fingerprint density at radius 3 is 3.14 bits per heavy atom. The number of hydrogen-bond acceptors (Lipinski definition) is 3. The number of nitrogens with zero attached hydrogens (tertiary/aromatic N) is 2. The summed E-state index contributed by atoms with van der Waals surface area (Å²) < 4.78 is 7.81. The molecule has 0 amide bonds. The minimum atomic E-state index is 0.771. The van der Waals surface area contributed by atoms with Crippen molar-refractivity contribution >= 4 is 11.6 Å². The molecule has 0 radical (unpaired) electrons. The van der Waals surface area contributed by atoms with Gasteiger partial charge in [-0.15, -0.1) is 0 Å². The van der Waals surface area contributed by atoms with Gasteiger partial charge >= 0.3 is 0 Å². The summed E-state index contributed by atoms with van der Waals surface area (Å²) in [5, 5.41) is 4.28. The quantitative estimate of drug-likeness (QED) is 0.799. The highest BCUT2D eigenvalue weighted by molar-refractivity contribution is 6.30. The van der Waals surface area contributed by atoms with Crippen LogP contribution in [0.1, 0.15) is 24.0 Å². The number of imidazole rings is 1. The molecule has 4 nitrogen and oxygen atoms in total. The van der Waals surface area contributed by atoms with Crippen LogP contribution < -0.4 is 10.1 Å². The van der Waals surface area contributed by atoms with E-state index in [0.717, 1.165) is 56.3 Å². The molecule has 0 bridgehead atoms. The third-order valence-corrected chi connectivity index (χ3v) is 3.94. The fraction of sp³-hybridized carbons (Fsp3) is 0.438. The van der Waals surface area contributed by atoms with E-state index in [2.05, 4.69) is 14.9 Å². The SMILES string of the molecule is Clc1cc2c(c(CNCCCCn3ccnc3)c1)OCC2. The van der Waals surface area contributed by atoms with E-state index >= 15 is 0 Å². The first-order valence-corrected chi connectivity index (χ1v) is 7.81. The summed E-state index contributed by atoms with van der Waals surface area (Å²) in [6.07, 6.45) is 8.93. The van der Waals surface area contributed by atoms with Crippen molar-refractivity contribution in [3.05, 3.63) is 47.0 Å². The lowest BCUT2D eigenvalue weighted by atomic mass is 10.1. The molecule has 21 heavy (non-hydrogen) atoms. The molecule has 3 rings (SSSR count). The van der Waals surface area contributed by atoms with Crippen LogP contribution in [0.5, 0.6) is 5.75 Å². The lowest BCUT2D eigenvalue weighted by molar-refractivity contribution is 0.352. The molecule has 0 unspecified atom stereocenters. The van der Waals surface area contributed by atoms with E-state index in [1.54, 1.807) is 0 Å². The lowest BCUT2D eigenvalue weighted by Gasteiger charge is -2.10. The molecule has 0 saturated carbocycles. The van der Waals surface area contributed by atoms with E-state index in [4.69, 9.17) is 16.3 Å². The zero-order valence-corrected chi connectivity index (χ0v) is 12.8. The largest absolute Gasteiger partial charge is 0.493 e. The zero-order chi connectivity index (χ0) is 14.5. The molecule has 0 fully saturated rings. The van der Waals surface area contributed by atoms with Gasteiger partial charge in [0, 0.05) is 42.5 Å². The minimum Gasteiger partial charge on any atom is -0.493 e. The van der Waals surface area contributed by atoms with Gasteiger partial charge < -0.3 is 14.6 Å². The van der Waals surface area contributed by atoms with Crippen LogP contribution in [0.2, 0.25) is 5.02 Å². The van der Waals surface area contributed by atoms with Crippen LogP contribution in [0.15, 0.2) is 30.9 Å². The van der Waals surface area contributed by atoms with Crippen LogP contribution in [0.25, 0.3) is 0 Å². The van der Waals surface area contributed by atoms with Crippen LogP contribution in [0, 0.1) is 0 Å². The number of rotatable bonds is 7. The second-order valence-electron chi connectivity index (χ2n) is 5.34. The summed E-state index contributed by atoms with van der Waals surface area (Å²) in [5.41, 5.74) is 2.41. The van der Waals surface area contributed by atoms with Gasteiger partial charge in [-0.25, -0.2) is 4.98 Å². The molecule has 0 spiro atoms. The van der Waals surface area contributed by atoms with E-state index in [-0.39, 0.29) is 0 Å². The third-order valence-electron chi connectivity index (χ3n) is 3.72. The van der Waals surface area contributed by atoms with E-state index < -0.39 is 0 Å². The molecule has 2 aromatic rings. The second-order valence-corrected chi connectivity index (χ2v) is 5.77. The van der Waals surface area contributed by atoms with Gasteiger partial charge in [0.1, 0.15) is 5.75 Å². The topological polar surface area (TPSA) is 39.1 Å². The van der Waals surface area contributed by atoms with Crippen LogP contribution in [0.4, 0.5) is 0 Å². The summed E-state index contributed by atoms with van der Waals surface area (Å²) in [5.74, 6) is 1.03. The highest BCUT2D eigenvalue weighted by atomic mass is 35.5. The molecule has 1 aromatic carbocycles. The van der Waals surface area contributed by atoms with Crippen molar-refractivity contribution in [3.8, 4) is 5.75 Å². The van der Waals surface area contributed by atoms with Gasteiger partial charge in [-0.1, -0.05) is 11.6 Å². The maximum Gasteiger partial charge on any atom is 0.127 e. The Balaban J connectivity index is 1.41. The summed E-state index contributed by atoms with van der Waals surface area (Å²) in [7, 11) is 0. The minimum absolute atomic E-state index is 0.771. The average Bonchev–Trinajstić information content (AvgIpc) is 3.13. The number of aryl methyl sites for hydroxylation is 1. The van der Waals surface area contributed by atoms with Crippen molar-refractivity contribution in [2.45, 2.75) is 32.4 Å². The van der Waals surface area contributed by atoms with Gasteiger partial charge in [0.15, 0.2) is 0 Å². The molecule has 2 heterocycles. The molecule has 0 saturated heterocycles. The molecule has 112 valence electrons. The van der Waals surface area contributed by atoms with E-state index in [1.807, 2.05) is 30.9 Å². The highest BCUT2D eigenvalue weighted by Gasteiger charge is 2.17. The number of nitrogens with one attached hydrogen (secondary N) is 1. The van der Waals surface area contributed by atoms with Crippen molar-refractivity contribution in [2.75, 3.05) is 13.2 Å². The Morgan fingerprint density at radius 2 is 2.29 bits per heavy atom. The molecule has 0 aliphatic carbocycles. The maximum absolute atomic E-state index is 6.16. The summed E-state index contributed by atoms with van der Waals surface area (Å²) in [6, 6.07) is 4.02. The Kier molecular flexibility index (Phi) is 4.78. The van der Waals surface area contributed by atoms with Crippen LogP contribution in [-0.2, 0) is 19.5 Å². The number of halogens is 1. The average molecular weight is 306 g/mol. The first kappa shape index (κ1) is 14.4. The fourth-order valence-electron chi connectivity index (χ4n) is 2.66. The van der Waals surface area contributed by atoms with Crippen molar-refractivity contribution in [3.63, 3.8) is 0 Å². The fourth-order valence-corrected chi connectivity index (χ4v) is 2.93. The number of hydrogen-bond donors (Lipinski definition) is 1. The van der Waals surface area contributed by atoms with Crippen LogP contribution in [0.3, 0.4) is 0 Å². The first-order chi connectivity index (χ1) is 10.3. The zero-order valence-electron chi connectivity index (χ0n) is 12.0. The summed E-state index contributed by atoms with van der Waals surface area (Å²) in [4.78, 5) is 4.04. The maximum atomic E-state index is 6.16.